The second kappa shape index (κ2) is 8.30. The maximum Gasteiger partial charge on any atom is 0.256 e. The van der Waals surface area contributed by atoms with Gasteiger partial charge in [0.2, 0.25) is 0 Å². The third kappa shape index (κ3) is 3.58. The van der Waals surface area contributed by atoms with E-state index in [4.69, 9.17) is 4.74 Å². The predicted octanol–water partition coefficient (Wildman–Crippen LogP) is 4.04. The van der Waals surface area contributed by atoms with Crippen LogP contribution in [0.15, 0.2) is 42.5 Å². The number of phenols is 1. The van der Waals surface area contributed by atoms with Gasteiger partial charge in [0.25, 0.3) is 5.91 Å². The van der Waals surface area contributed by atoms with Gasteiger partial charge in [0.05, 0.1) is 12.7 Å². The number of ether oxygens (including phenoxy) is 1. The maximum absolute atomic E-state index is 13.6. The topological polar surface area (TPSA) is 57.9 Å². The molecule has 4 rings (SSSR count). The molecule has 6 nitrogen and oxygen atoms in total. The first kappa shape index (κ1) is 20.1. The van der Waals surface area contributed by atoms with E-state index in [2.05, 4.69) is 16.4 Å². The Labute approximate surface area is 177 Å². The van der Waals surface area contributed by atoms with Crippen LogP contribution in [-0.2, 0) is 6.54 Å². The summed E-state index contributed by atoms with van der Waals surface area (Å²) < 4.78 is 7.66. The average molecular weight is 408 g/mol. The van der Waals surface area contributed by atoms with E-state index < -0.39 is 0 Å². The molecule has 0 spiro atoms. The first-order valence-electron chi connectivity index (χ1n) is 10.5. The van der Waals surface area contributed by atoms with Crippen LogP contribution >= 0.6 is 0 Å². The number of amides is 1. The molecule has 1 aliphatic heterocycles. The molecule has 1 saturated heterocycles. The maximum atomic E-state index is 13.6. The van der Waals surface area contributed by atoms with Gasteiger partial charge in [-0.1, -0.05) is 13.0 Å². The third-order valence-corrected chi connectivity index (χ3v) is 5.95. The number of fused-ring (bicyclic) bond motifs is 1. The Kier molecular flexibility index (Phi) is 5.57. The Bertz CT molecular complexity index is 1060. The number of rotatable bonds is 5. The smallest absolute Gasteiger partial charge is 0.256 e. The molecular formula is C24H29N3O3. The Morgan fingerprint density at radius 3 is 2.53 bits per heavy atom. The lowest BCUT2D eigenvalue weighted by Crippen LogP contribution is -2.48. The van der Waals surface area contributed by atoms with Crippen molar-refractivity contribution in [1.29, 1.82) is 0 Å². The van der Waals surface area contributed by atoms with E-state index in [1.807, 2.05) is 42.2 Å². The Hall–Kier alpha value is -3.15. The SMILES string of the molecule is CCCn1c(C)c(C(=O)N2CCN(c3cccc(O)c3)CC2)c2cc(OC)ccc21. The van der Waals surface area contributed by atoms with Crippen LogP contribution in [0.5, 0.6) is 11.5 Å². The summed E-state index contributed by atoms with van der Waals surface area (Å²) in [6.45, 7) is 7.86. The number of anilines is 1. The fraction of sp³-hybridized carbons (Fsp3) is 0.375. The van der Waals surface area contributed by atoms with E-state index in [1.165, 1.54) is 0 Å². The van der Waals surface area contributed by atoms with Crippen LogP contribution < -0.4 is 9.64 Å². The molecule has 30 heavy (non-hydrogen) atoms. The highest BCUT2D eigenvalue weighted by molar-refractivity contribution is 6.08. The molecule has 0 saturated carbocycles. The minimum absolute atomic E-state index is 0.0798. The molecule has 158 valence electrons. The van der Waals surface area contributed by atoms with E-state index in [1.54, 1.807) is 19.2 Å². The molecule has 0 unspecified atom stereocenters. The lowest BCUT2D eigenvalue weighted by atomic mass is 10.1. The fourth-order valence-electron chi connectivity index (χ4n) is 4.39. The summed E-state index contributed by atoms with van der Waals surface area (Å²) in [4.78, 5) is 17.7. The normalized spacial score (nSPS) is 14.4. The number of piperazine rings is 1. The Balaban J connectivity index is 1.61. The highest BCUT2D eigenvalue weighted by atomic mass is 16.5. The van der Waals surface area contributed by atoms with Crippen molar-refractivity contribution in [3.05, 3.63) is 53.7 Å². The number of hydrogen-bond acceptors (Lipinski definition) is 4. The van der Waals surface area contributed by atoms with Crippen LogP contribution in [0, 0.1) is 6.92 Å². The summed E-state index contributed by atoms with van der Waals surface area (Å²) in [6, 6.07) is 13.3. The van der Waals surface area contributed by atoms with Gasteiger partial charge in [-0.05, 0) is 43.7 Å². The molecule has 0 aliphatic carbocycles. The van der Waals surface area contributed by atoms with Crippen molar-refractivity contribution in [3.63, 3.8) is 0 Å². The number of hydrogen-bond donors (Lipinski definition) is 1. The van der Waals surface area contributed by atoms with Crippen molar-refractivity contribution in [2.24, 2.45) is 0 Å². The molecule has 2 aromatic carbocycles. The van der Waals surface area contributed by atoms with Crippen molar-refractivity contribution in [2.75, 3.05) is 38.2 Å². The summed E-state index contributed by atoms with van der Waals surface area (Å²) >= 11 is 0. The first-order chi connectivity index (χ1) is 14.5. The third-order valence-electron chi connectivity index (χ3n) is 5.95. The zero-order chi connectivity index (χ0) is 21.3. The van der Waals surface area contributed by atoms with E-state index in [0.717, 1.165) is 59.7 Å². The fourth-order valence-corrected chi connectivity index (χ4v) is 4.39. The molecule has 6 heteroatoms. The van der Waals surface area contributed by atoms with Gasteiger partial charge in [-0.15, -0.1) is 0 Å². The molecule has 1 N–H and O–H groups in total. The van der Waals surface area contributed by atoms with Crippen molar-refractivity contribution in [1.82, 2.24) is 9.47 Å². The van der Waals surface area contributed by atoms with E-state index in [-0.39, 0.29) is 11.7 Å². The predicted molar refractivity (Wildman–Crippen MR) is 120 cm³/mol. The number of nitrogens with zero attached hydrogens (tertiary/aromatic N) is 3. The van der Waals surface area contributed by atoms with Gasteiger partial charge < -0.3 is 24.2 Å². The number of methoxy groups -OCH3 is 1. The van der Waals surface area contributed by atoms with Gasteiger partial charge in [-0.3, -0.25) is 4.79 Å². The molecule has 1 aliphatic rings. The zero-order valence-electron chi connectivity index (χ0n) is 17.9. The number of aromatic hydroxyl groups is 1. The standard InChI is InChI=1S/C24H29N3O3/c1-4-10-27-17(2)23(21-16-20(30-3)8-9-22(21)27)24(29)26-13-11-25(12-14-26)18-6-5-7-19(28)15-18/h5-9,15-16,28H,4,10-14H2,1-3H3. The first-order valence-corrected chi connectivity index (χ1v) is 10.5. The van der Waals surface area contributed by atoms with Gasteiger partial charge >= 0.3 is 0 Å². The highest BCUT2D eigenvalue weighted by Crippen LogP contribution is 2.31. The number of carbonyl (C=O) groups is 1. The average Bonchev–Trinajstić information content (AvgIpc) is 3.04. The molecule has 3 aromatic rings. The molecule has 1 fully saturated rings. The second-order valence-electron chi connectivity index (χ2n) is 7.79. The van der Waals surface area contributed by atoms with Gasteiger partial charge in [-0.2, -0.15) is 0 Å². The van der Waals surface area contributed by atoms with E-state index in [0.29, 0.717) is 13.1 Å². The van der Waals surface area contributed by atoms with Crippen LogP contribution in [0.3, 0.4) is 0 Å². The molecule has 2 heterocycles. The van der Waals surface area contributed by atoms with E-state index >= 15 is 0 Å². The number of aromatic nitrogens is 1. The lowest BCUT2D eigenvalue weighted by molar-refractivity contribution is 0.0747. The zero-order valence-corrected chi connectivity index (χ0v) is 17.9. The van der Waals surface area contributed by atoms with Gasteiger partial charge in [0.15, 0.2) is 0 Å². The monoisotopic (exact) mass is 407 g/mol. The summed E-state index contributed by atoms with van der Waals surface area (Å²) in [7, 11) is 1.65. The summed E-state index contributed by atoms with van der Waals surface area (Å²) in [5.74, 6) is 1.11. The van der Waals surface area contributed by atoms with Crippen LogP contribution in [0.2, 0.25) is 0 Å². The van der Waals surface area contributed by atoms with Crippen molar-refractivity contribution >= 4 is 22.5 Å². The Morgan fingerprint density at radius 2 is 1.87 bits per heavy atom. The number of aryl methyl sites for hydroxylation is 1. The second-order valence-corrected chi connectivity index (χ2v) is 7.79. The minimum atomic E-state index is 0.0798. The van der Waals surface area contributed by atoms with Crippen molar-refractivity contribution in [3.8, 4) is 11.5 Å². The quantitative estimate of drug-likeness (QED) is 0.694. The van der Waals surface area contributed by atoms with Crippen LogP contribution in [0.1, 0.15) is 29.4 Å². The largest absolute Gasteiger partial charge is 0.508 e. The number of phenolic OH excluding ortho intramolecular Hbond substituents is 1. The number of carbonyl (C=O) groups excluding carboxylic acids is 1. The van der Waals surface area contributed by atoms with Crippen LogP contribution in [0.25, 0.3) is 10.9 Å². The van der Waals surface area contributed by atoms with Crippen molar-refractivity contribution < 1.29 is 14.6 Å². The molecule has 1 amide bonds. The molecule has 1 aromatic heterocycles. The Morgan fingerprint density at radius 1 is 1.10 bits per heavy atom. The number of benzene rings is 2. The lowest BCUT2D eigenvalue weighted by Gasteiger charge is -2.36. The highest BCUT2D eigenvalue weighted by Gasteiger charge is 2.27. The van der Waals surface area contributed by atoms with Crippen LogP contribution in [-0.4, -0.2) is 53.8 Å². The van der Waals surface area contributed by atoms with Crippen molar-refractivity contribution in [2.45, 2.75) is 26.8 Å². The molecule has 0 bridgehead atoms. The van der Waals surface area contributed by atoms with Gasteiger partial charge in [0.1, 0.15) is 11.5 Å². The summed E-state index contributed by atoms with van der Waals surface area (Å²) in [5.41, 5.74) is 3.86. The van der Waals surface area contributed by atoms with E-state index in [9.17, 15) is 9.90 Å². The molecular weight excluding hydrogens is 378 g/mol. The summed E-state index contributed by atoms with van der Waals surface area (Å²) in [6.07, 6.45) is 1.01. The summed E-state index contributed by atoms with van der Waals surface area (Å²) in [5, 5.41) is 10.7. The molecule has 0 radical (unpaired) electrons. The minimum Gasteiger partial charge on any atom is -0.508 e. The van der Waals surface area contributed by atoms with Gasteiger partial charge in [0, 0.05) is 61.1 Å². The van der Waals surface area contributed by atoms with Crippen LogP contribution in [0.4, 0.5) is 5.69 Å². The van der Waals surface area contributed by atoms with Gasteiger partial charge in [-0.25, -0.2) is 0 Å². The molecule has 0 atom stereocenters.